The minimum absolute atomic E-state index is 0.0666. The number of carbonyl (C=O) groups is 3. The fourth-order valence-electron chi connectivity index (χ4n) is 2.49. The van der Waals surface area contributed by atoms with Crippen LogP contribution in [-0.4, -0.2) is 30.9 Å². The molecule has 2 aromatic rings. The molecular formula is C20H20ClNO5. The van der Waals surface area contributed by atoms with E-state index in [-0.39, 0.29) is 18.1 Å². The van der Waals surface area contributed by atoms with Crippen LogP contribution in [0.15, 0.2) is 42.5 Å². The van der Waals surface area contributed by atoms with Gasteiger partial charge in [0.1, 0.15) is 5.75 Å². The van der Waals surface area contributed by atoms with E-state index in [9.17, 15) is 14.4 Å². The number of hydrogen-bond acceptors (Lipinski definition) is 5. The normalized spacial score (nSPS) is 11.4. The number of ether oxygens (including phenoxy) is 2. The second-order valence-electron chi connectivity index (χ2n) is 5.89. The molecule has 0 bridgehead atoms. The summed E-state index contributed by atoms with van der Waals surface area (Å²) in [7, 11) is 1.49. The molecule has 27 heavy (non-hydrogen) atoms. The van der Waals surface area contributed by atoms with E-state index in [1.54, 1.807) is 42.5 Å². The molecule has 2 aromatic carbocycles. The Morgan fingerprint density at radius 3 is 2.37 bits per heavy atom. The van der Waals surface area contributed by atoms with Crippen molar-refractivity contribution in [3.05, 3.63) is 58.6 Å². The topological polar surface area (TPSA) is 81.7 Å². The maximum atomic E-state index is 12.4. The summed E-state index contributed by atoms with van der Waals surface area (Å²) in [5.74, 6) is -0.584. The molecule has 0 saturated carbocycles. The number of ketones is 1. The lowest BCUT2D eigenvalue weighted by Gasteiger charge is -2.14. The molecule has 0 aromatic heterocycles. The van der Waals surface area contributed by atoms with Gasteiger partial charge >= 0.3 is 5.97 Å². The number of rotatable bonds is 7. The fraction of sp³-hybridized carbons (Fsp3) is 0.250. The maximum absolute atomic E-state index is 12.4. The van der Waals surface area contributed by atoms with Gasteiger partial charge in [-0.05, 0) is 49.4 Å². The molecule has 142 valence electrons. The van der Waals surface area contributed by atoms with E-state index in [4.69, 9.17) is 21.1 Å². The van der Waals surface area contributed by atoms with Crippen molar-refractivity contribution in [1.29, 1.82) is 0 Å². The molecule has 0 unspecified atom stereocenters. The average molecular weight is 390 g/mol. The molecular weight excluding hydrogens is 370 g/mol. The minimum Gasteiger partial charge on any atom is -0.496 e. The molecule has 0 aliphatic heterocycles. The van der Waals surface area contributed by atoms with E-state index in [2.05, 4.69) is 5.32 Å². The zero-order valence-corrected chi connectivity index (χ0v) is 16.0. The molecule has 0 heterocycles. The summed E-state index contributed by atoms with van der Waals surface area (Å²) in [4.78, 5) is 35.7. The Bertz CT molecular complexity index is 848. The number of nitrogens with one attached hydrogen (secondary N) is 1. The summed E-state index contributed by atoms with van der Waals surface area (Å²) in [6.45, 7) is 2.91. The van der Waals surface area contributed by atoms with Crippen LogP contribution in [0.4, 0.5) is 5.69 Å². The number of carbonyl (C=O) groups excluding carboxylic acids is 3. The Hall–Kier alpha value is -2.86. The molecule has 0 spiro atoms. The molecule has 6 nitrogen and oxygen atoms in total. The number of methoxy groups -OCH3 is 1. The van der Waals surface area contributed by atoms with Crippen LogP contribution in [0.1, 0.15) is 29.8 Å². The van der Waals surface area contributed by atoms with Crippen LogP contribution >= 0.6 is 11.6 Å². The standard InChI is InChI=1S/C20H20ClNO5/c1-12(20(25)14-4-7-17(8-5-14)22-13(2)23)27-19(24)11-15-10-16(21)6-9-18(15)26-3/h4-10,12H,11H2,1-3H3,(H,22,23)/t12-/m0/s1. The quantitative estimate of drug-likeness (QED) is 0.577. The molecule has 0 aliphatic carbocycles. The predicted molar refractivity (Wildman–Crippen MR) is 102 cm³/mol. The van der Waals surface area contributed by atoms with Gasteiger partial charge in [-0.15, -0.1) is 0 Å². The van der Waals surface area contributed by atoms with E-state index in [1.165, 1.54) is 21.0 Å². The smallest absolute Gasteiger partial charge is 0.311 e. The first-order valence-electron chi connectivity index (χ1n) is 8.24. The van der Waals surface area contributed by atoms with Gasteiger partial charge in [0.25, 0.3) is 0 Å². The highest BCUT2D eigenvalue weighted by Crippen LogP contribution is 2.23. The first-order chi connectivity index (χ1) is 12.8. The number of amides is 1. The lowest BCUT2D eigenvalue weighted by molar-refractivity contribution is -0.145. The molecule has 0 radical (unpaired) electrons. The van der Waals surface area contributed by atoms with Crippen LogP contribution in [-0.2, 0) is 20.7 Å². The van der Waals surface area contributed by atoms with E-state index in [1.807, 2.05) is 0 Å². The SMILES string of the molecule is COc1ccc(Cl)cc1CC(=O)O[C@@H](C)C(=O)c1ccc(NC(C)=O)cc1. The van der Waals surface area contributed by atoms with E-state index in [0.717, 1.165) is 0 Å². The monoisotopic (exact) mass is 389 g/mol. The highest BCUT2D eigenvalue weighted by Gasteiger charge is 2.20. The minimum atomic E-state index is -0.950. The van der Waals surface area contributed by atoms with Gasteiger partial charge in [-0.3, -0.25) is 14.4 Å². The zero-order chi connectivity index (χ0) is 20.0. The highest BCUT2D eigenvalue weighted by atomic mass is 35.5. The molecule has 2 rings (SSSR count). The van der Waals surface area contributed by atoms with Crippen LogP contribution in [0, 0.1) is 0 Å². The van der Waals surface area contributed by atoms with Gasteiger partial charge in [0.2, 0.25) is 11.7 Å². The van der Waals surface area contributed by atoms with Crippen molar-refractivity contribution in [2.75, 3.05) is 12.4 Å². The number of halogens is 1. The second-order valence-corrected chi connectivity index (χ2v) is 6.32. The summed E-state index contributed by atoms with van der Waals surface area (Å²) in [6.07, 6.45) is -1.02. The van der Waals surface area contributed by atoms with Crippen LogP contribution in [0.25, 0.3) is 0 Å². The lowest BCUT2D eigenvalue weighted by atomic mass is 10.1. The van der Waals surface area contributed by atoms with Gasteiger partial charge in [0, 0.05) is 28.8 Å². The van der Waals surface area contributed by atoms with Crippen LogP contribution in [0.3, 0.4) is 0 Å². The number of esters is 1. The number of anilines is 1. The van der Waals surface area contributed by atoms with E-state index < -0.39 is 12.1 Å². The van der Waals surface area contributed by atoms with Crippen LogP contribution in [0.5, 0.6) is 5.75 Å². The number of hydrogen-bond donors (Lipinski definition) is 1. The average Bonchev–Trinajstić information content (AvgIpc) is 2.61. The molecule has 0 aliphatic rings. The zero-order valence-electron chi connectivity index (χ0n) is 15.2. The first-order valence-corrected chi connectivity index (χ1v) is 8.61. The second kappa shape index (κ2) is 9.19. The van der Waals surface area contributed by atoms with E-state index in [0.29, 0.717) is 27.6 Å². The molecule has 7 heteroatoms. The molecule has 0 saturated heterocycles. The maximum Gasteiger partial charge on any atom is 0.311 e. The Kier molecular flexibility index (Phi) is 6.96. The van der Waals surface area contributed by atoms with Crippen molar-refractivity contribution in [1.82, 2.24) is 0 Å². The van der Waals surface area contributed by atoms with Crippen molar-refractivity contribution in [2.24, 2.45) is 0 Å². The van der Waals surface area contributed by atoms with Crippen molar-refractivity contribution in [2.45, 2.75) is 26.4 Å². The molecule has 1 amide bonds. The van der Waals surface area contributed by atoms with E-state index >= 15 is 0 Å². The summed E-state index contributed by atoms with van der Waals surface area (Å²) in [5.41, 5.74) is 1.54. The summed E-state index contributed by atoms with van der Waals surface area (Å²) < 4.78 is 10.4. The van der Waals surface area contributed by atoms with Crippen molar-refractivity contribution >= 4 is 34.9 Å². The van der Waals surface area contributed by atoms with Crippen molar-refractivity contribution in [3.8, 4) is 5.75 Å². The summed E-state index contributed by atoms with van der Waals surface area (Å²) in [5, 5.41) is 3.09. The Morgan fingerprint density at radius 1 is 1.11 bits per heavy atom. The third-order valence-corrected chi connectivity index (χ3v) is 3.98. The largest absolute Gasteiger partial charge is 0.496 e. The van der Waals surface area contributed by atoms with Gasteiger partial charge in [0.15, 0.2) is 6.10 Å². The third-order valence-electron chi connectivity index (χ3n) is 3.74. The Labute approximate surface area is 162 Å². The molecule has 0 fully saturated rings. The van der Waals surface area contributed by atoms with Gasteiger partial charge in [-0.2, -0.15) is 0 Å². The van der Waals surface area contributed by atoms with Gasteiger partial charge in [0.05, 0.1) is 13.5 Å². The fourth-order valence-corrected chi connectivity index (χ4v) is 2.68. The number of benzene rings is 2. The Morgan fingerprint density at radius 2 is 1.78 bits per heavy atom. The van der Waals surface area contributed by atoms with Gasteiger partial charge < -0.3 is 14.8 Å². The van der Waals surface area contributed by atoms with Crippen molar-refractivity contribution in [3.63, 3.8) is 0 Å². The third kappa shape index (κ3) is 5.82. The van der Waals surface area contributed by atoms with Crippen LogP contribution < -0.4 is 10.1 Å². The summed E-state index contributed by atoms with van der Waals surface area (Å²) >= 11 is 5.95. The summed E-state index contributed by atoms with van der Waals surface area (Å²) in [6, 6.07) is 11.3. The highest BCUT2D eigenvalue weighted by molar-refractivity contribution is 6.30. The lowest BCUT2D eigenvalue weighted by Crippen LogP contribution is -2.25. The number of Topliss-reactive ketones (excluding diaryl/α,β-unsaturated/α-hetero) is 1. The molecule has 1 atom stereocenters. The van der Waals surface area contributed by atoms with Crippen LogP contribution in [0.2, 0.25) is 5.02 Å². The van der Waals surface area contributed by atoms with Crippen molar-refractivity contribution < 1.29 is 23.9 Å². The predicted octanol–water partition coefficient (Wildman–Crippen LogP) is 3.66. The van der Waals surface area contributed by atoms with Gasteiger partial charge in [-0.25, -0.2) is 0 Å². The van der Waals surface area contributed by atoms with Gasteiger partial charge in [-0.1, -0.05) is 11.6 Å². The molecule has 1 N–H and O–H groups in total. The Balaban J connectivity index is 2.00. The first kappa shape index (κ1) is 20.5.